The summed E-state index contributed by atoms with van der Waals surface area (Å²) in [7, 11) is 0. The molecule has 0 aromatic carbocycles. The first kappa shape index (κ1) is 14.5. The Hall–Kier alpha value is -1.40. The number of carbonyl (C=O) groups excluding carboxylic acids is 1. The second-order valence-electron chi connectivity index (χ2n) is 5.95. The minimum absolute atomic E-state index is 0.0330. The van der Waals surface area contributed by atoms with Crippen LogP contribution in [0.4, 0.5) is 0 Å². The Morgan fingerprint density at radius 2 is 2.19 bits per heavy atom. The van der Waals surface area contributed by atoms with Gasteiger partial charge in [0, 0.05) is 23.4 Å². The third-order valence-electron chi connectivity index (χ3n) is 4.55. The van der Waals surface area contributed by atoms with E-state index in [1.54, 1.807) is 16.2 Å². The van der Waals surface area contributed by atoms with Crippen LogP contribution in [-0.4, -0.2) is 34.5 Å². The maximum Gasteiger partial charge on any atom is 0.331 e. The largest absolute Gasteiger partial charge is 0.479 e. The van der Waals surface area contributed by atoms with Gasteiger partial charge in [0.1, 0.15) is 0 Å². The number of carbonyl (C=O) groups is 2. The first-order valence-corrected chi connectivity index (χ1v) is 8.31. The molecule has 21 heavy (non-hydrogen) atoms. The molecular weight excluding hydrogens is 288 g/mol. The molecule has 1 aliphatic carbocycles. The van der Waals surface area contributed by atoms with Gasteiger partial charge in [0.15, 0.2) is 6.04 Å². The Morgan fingerprint density at radius 1 is 1.38 bits per heavy atom. The van der Waals surface area contributed by atoms with Crippen LogP contribution in [0.2, 0.25) is 0 Å². The zero-order chi connectivity index (χ0) is 15.0. The maximum absolute atomic E-state index is 12.8. The van der Waals surface area contributed by atoms with E-state index in [0.717, 1.165) is 36.1 Å². The van der Waals surface area contributed by atoms with Crippen molar-refractivity contribution in [1.29, 1.82) is 0 Å². The summed E-state index contributed by atoms with van der Waals surface area (Å²) >= 11 is 1.57. The monoisotopic (exact) mass is 308 g/mol. The molecule has 1 amide bonds. The highest BCUT2D eigenvalue weighted by atomic mass is 32.1. The lowest BCUT2D eigenvalue weighted by atomic mass is 9.84. The van der Waals surface area contributed by atoms with Gasteiger partial charge in [-0.3, -0.25) is 4.79 Å². The van der Waals surface area contributed by atoms with Crippen LogP contribution in [-0.2, 0) is 16.0 Å². The van der Waals surface area contributed by atoms with Crippen LogP contribution in [0.15, 0.2) is 11.4 Å². The Balaban J connectivity index is 1.84. The van der Waals surface area contributed by atoms with Crippen molar-refractivity contribution in [1.82, 2.24) is 4.90 Å². The average Bonchev–Trinajstić information content (AvgIpc) is 2.93. The van der Waals surface area contributed by atoms with E-state index in [4.69, 9.17) is 5.73 Å². The molecule has 1 aromatic rings. The van der Waals surface area contributed by atoms with Crippen LogP contribution in [0.3, 0.4) is 0 Å². The van der Waals surface area contributed by atoms with Gasteiger partial charge in [0.2, 0.25) is 5.91 Å². The third-order valence-corrected chi connectivity index (χ3v) is 5.54. The Labute approximate surface area is 127 Å². The van der Waals surface area contributed by atoms with Gasteiger partial charge >= 0.3 is 5.97 Å². The van der Waals surface area contributed by atoms with E-state index in [0.29, 0.717) is 13.0 Å². The van der Waals surface area contributed by atoms with Crippen molar-refractivity contribution in [3.8, 4) is 0 Å². The predicted octanol–water partition coefficient (Wildman–Crippen LogP) is 1.78. The van der Waals surface area contributed by atoms with Crippen molar-refractivity contribution in [2.24, 2.45) is 11.7 Å². The average molecular weight is 308 g/mol. The van der Waals surface area contributed by atoms with Gasteiger partial charge in [0.05, 0.1) is 0 Å². The fraction of sp³-hybridized carbons (Fsp3) is 0.600. The number of hydrogen-bond acceptors (Lipinski definition) is 4. The smallest absolute Gasteiger partial charge is 0.331 e. The van der Waals surface area contributed by atoms with Crippen LogP contribution < -0.4 is 5.73 Å². The molecule has 2 heterocycles. The van der Waals surface area contributed by atoms with E-state index in [1.165, 1.54) is 0 Å². The second-order valence-corrected chi connectivity index (χ2v) is 6.95. The molecule has 114 valence electrons. The van der Waals surface area contributed by atoms with E-state index in [-0.39, 0.29) is 17.9 Å². The number of nitrogens with zero attached hydrogens (tertiary/aromatic N) is 1. The molecule has 3 N–H and O–H groups in total. The van der Waals surface area contributed by atoms with Gasteiger partial charge in [-0.25, -0.2) is 4.79 Å². The van der Waals surface area contributed by atoms with Gasteiger partial charge in [-0.1, -0.05) is 6.42 Å². The van der Waals surface area contributed by atoms with Crippen LogP contribution >= 0.6 is 11.3 Å². The van der Waals surface area contributed by atoms with E-state index in [1.807, 2.05) is 11.4 Å². The predicted molar refractivity (Wildman–Crippen MR) is 80.0 cm³/mol. The molecule has 2 aliphatic rings. The number of rotatable bonds is 2. The lowest BCUT2D eigenvalue weighted by Gasteiger charge is -2.37. The molecule has 6 heteroatoms. The van der Waals surface area contributed by atoms with Gasteiger partial charge in [0.25, 0.3) is 0 Å². The molecule has 1 fully saturated rings. The molecule has 1 saturated carbocycles. The van der Waals surface area contributed by atoms with E-state index in [9.17, 15) is 14.7 Å². The highest BCUT2D eigenvalue weighted by Crippen LogP contribution is 2.36. The number of aliphatic carboxylic acids is 1. The highest BCUT2D eigenvalue weighted by Gasteiger charge is 2.39. The fourth-order valence-corrected chi connectivity index (χ4v) is 4.41. The lowest BCUT2D eigenvalue weighted by molar-refractivity contribution is -0.153. The molecule has 3 unspecified atom stereocenters. The van der Waals surface area contributed by atoms with Crippen molar-refractivity contribution in [3.05, 3.63) is 21.9 Å². The molecule has 0 radical (unpaired) electrons. The van der Waals surface area contributed by atoms with Crippen LogP contribution in [0.1, 0.15) is 42.2 Å². The summed E-state index contributed by atoms with van der Waals surface area (Å²) in [5.41, 5.74) is 6.75. The van der Waals surface area contributed by atoms with Crippen molar-refractivity contribution in [2.75, 3.05) is 6.54 Å². The molecule has 1 aromatic heterocycles. The summed E-state index contributed by atoms with van der Waals surface area (Å²) in [5.74, 6) is -1.09. The summed E-state index contributed by atoms with van der Waals surface area (Å²) in [4.78, 5) is 27.1. The molecule has 0 bridgehead atoms. The zero-order valence-electron chi connectivity index (χ0n) is 11.8. The lowest BCUT2D eigenvalue weighted by Crippen LogP contribution is -2.47. The summed E-state index contributed by atoms with van der Waals surface area (Å²) < 4.78 is 0. The quantitative estimate of drug-likeness (QED) is 0.872. The van der Waals surface area contributed by atoms with Crippen molar-refractivity contribution in [2.45, 2.75) is 44.2 Å². The van der Waals surface area contributed by atoms with Crippen molar-refractivity contribution < 1.29 is 14.7 Å². The molecule has 3 rings (SSSR count). The van der Waals surface area contributed by atoms with Gasteiger partial charge in [-0.15, -0.1) is 11.3 Å². The Bertz CT molecular complexity index is 557. The fourth-order valence-electron chi connectivity index (χ4n) is 3.51. The highest BCUT2D eigenvalue weighted by molar-refractivity contribution is 7.10. The minimum atomic E-state index is -0.942. The molecule has 0 saturated heterocycles. The Kier molecular flexibility index (Phi) is 3.99. The number of thiophene rings is 1. The standard InChI is InChI=1S/C15H20N2O3S/c16-10-3-1-2-9(8-10)14(18)17-6-4-12-11(5-7-21-12)13(17)15(19)20/h5,7,9-10,13H,1-4,6,8,16H2,(H,19,20). The number of nitrogens with two attached hydrogens (primary N) is 1. The van der Waals surface area contributed by atoms with E-state index in [2.05, 4.69) is 0 Å². The molecule has 3 atom stereocenters. The molecule has 5 nitrogen and oxygen atoms in total. The second kappa shape index (κ2) is 5.77. The zero-order valence-corrected chi connectivity index (χ0v) is 12.6. The summed E-state index contributed by atoms with van der Waals surface area (Å²) in [6.07, 6.45) is 4.17. The summed E-state index contributed by atoms with van der Waals surface area (Å²) in [6, 6.07) is 1.08. The number of carboxylic acids is 1. The number of amides is 1. The summed E-state index contributed by atoms with van der Waals surface area (Å²) in [5, 5.41) is 11.5. The normalized spacial score (nSPS) is 29.0. The number of hydrogen-bond donors (Lipinski definition) is 2. The van der Waals surface area contributed by atoms with Gasteiger partial charge < -0.3 is 15.7 Å². The minimum Gasteiger partial charge on any atom is -0.479 e. The van der Waals surface area contributed by atoms with Crippen molar-refractivity contribution in [3.63, 3.8) is 0 Å². The van der Waals surface area contributed by atoms with Gasteiger partial charge in [-0.05, 0) is 42.7 Å². The molecular formula is C15H20N2O3S. The number of carboxylic acid groups (broad SMARTS) is 1. The third kappa shape index (κ3) is 2.70. The van der Waals surface area contributed by atoms with Crippen molar-refractivity contribution >= 4 is 23.2 Å². The van der Waals surface area contributed by atoms with Crippen LogP contribution in [0.25, 0.3) is 0 Å². The Morgan fingerprint density at radius 3 is 2.90 bits per heavy atom. The topological polar surface area (TPSA) is 83.6 Å². The first-order chi connectivity index (χ1) is 10.1. The first-order valence-electron chi connectivity index (χ1n) is 7.43. The molecule has 1 aliphatic heterocycles. The van der Waals surface area contributed by atoms with E-state index >= 15 is 0 Å². The summed E-state index contributed by atoms with van der Waals surface area (Å²) in [6.45, 7) is 0.495. The van der Waals surface area contributed by atoms with Crippen LogP contribution in [0.5, 0.6) is 0 Å². The number of fused-ring (bicyclic) bond motifs is 1. The van der Waals surface area contributed by atoms with Gasteiger partial charge in [-0.2, -0.15) is 0 Å². The SMILES string of the molecule is NC1CCCC(C(=O)N2CCc3sccc3C2C(=O)O)C1. The maximum atomic E-state index is 12.8. The molecule has 0 spiro atoms. The van der Waals surface area contributed by atoms with Crippen LogP contribution in [0, 0.1) is 5.92 Å². The van der Waals surface area contributed by atoms with E-state index < -0.39 is 12.0 Å².